The van der Waals surface area contributed by atoms with E-state index in [1.54, 1.807) is 0 Å². The van der Waals surface area contributed by atoms with Crippen molar-refractivity contribution in [2.75, 3.05) is 25.1 Å². The summed E-state index contributed by atoms with van der Waals surface area (Å²) in [6.07, 6.45) is -1.30. The molecule has 0 bridgehead atoms. The van der Waals surface area contributed by atoms with Crippen LogP contribution in [0.25, 0.3) is 0 Å². The molecule has 2 atom stereocenters. The van der Waals surface area contributed by atoms with Crippen molar-refractivity contribution in [2.24, 2.45) is 0 Å². The zero-order chi connectivity index (χ0) is 13.9. The van der Waals surface area contributed by atoms with Crippen molar-refractivity contribution >= 4 is 21.8 Å². The first-order valence-corrected chi connectivity index (χ1v) is 7.17. The second-order valence-corrected chi connectivity index (χ2v) is 6.44. The summed E-state index contributed by atoms with van der Waals surface area (Å²) in [6, 6.07) is -1.01. The summed E-state index contributed by atoms with van der Waals surface area (Å²) in [7, 11) is -1.65. The third-order valence-corrected chi connectivity index (χ3v) is 4.56. The summed E-state index contributed by atoms with van der Waals surface area (Å²) in [5.41, 5.74) is 0. The van der Waals surface area contributed by atoms with E-state index in [0.717, 1.165) is 0 Å². The van der Waals surface area contributed by atoms with Gasteiger partial charge in [-0.15, -0.1) is 0 Å². The molecule has 18 heavy (non-hydrogen) atoms. The van der Waals surface area contributed by atoms with Crippen LogP contribution in [0.15, 0.2) is 0 Å². The van der Waals surface area contributed by atoms with E-state index in [9.17, 15) is 18.0 Å². The van der Waals surface area contributed by atoms with E-state index in [0.29, 0.717) is 6.42 Å². The fraction of sp³-hybridized carbons (Fsp3) is 0.778. The molecule has 1 unspecified atom stereocenters. The summed E-state index contributed by atoms with van der Waals surface area (Å²) in [4.78, 5) is 23.1. The number of carboxylic acids is 1. The highest BCUT2D eigenvalue weighted by molar-refractivity contribution is 7.91. The number of carbonyl (C=O) groups is 2. The molecular formula is C9H16N2O6S. The summed E-state index contributed by atoms with van der Waals surface area (Å²) in [6.45, 7) is -0.419. The lowest BCUT2D eigenvalue weighted by molar-refractivity contribution is -0.146. The zero-order valence-electron chi connectivity index (χ0n) is 9.87. The molecule has 0 saturated carbocycles. The van der Waals surface area contributed by atoms with Crippen molar-refractivity contribution in [1.82, 2.24) is 10.2 Å². The van der Waals surface area contributed by atoms with E-state index in [1.807, 2.05) is 0 Å². The molecule has 0 aliphatic carbocycles. The topological polar surface area (TPSA) is 124 Å². The number of carboxylic acid groups (broad SMARTS) is 1. The van der Waals surface area contributed by atoms with Gasteiger partial charge in [-0.3, -0.25) is 0 Å². The molecule has 3 N–H and O–H groups in total. The number of sulfone groups is 1. The number of rotatable bonds is 4. The lowest BCUT2D eigenvalue weighted by atomic mass is 10.2. The largest absolute Gasteiger partial charge is 0.479 e. The highest BCUT2D eigenvalue weighted by atomic mass is 32.2. The van der Waals surface area contributed by atoms with Crippen LogP contribution in [0.3, 0.4) is 0 Å². The maximum atomic E-state index is 11.6. The van der Waals surface area contributed by atoms with Gasteiger partial charge >= 0.3 is 12.0 Å². The highest BCUT2D eigenvalue weighted by Gasteiger charge is 2.32. The van der Waals surface area contributed by atoms with Crippen molar-refractivity contribution < 1.29 is 28.2 Å². The molecule has 1 fully saturated rings. The molecule has 104 valence electrons. The molecule has 9 heteroatoms. The van der Waals surface area contributed by atoms with E-state index in [2.05, 4.69) is 5.32 Å². The number of nitrogens with zero attached hydrogens (tertiary/aromatic N) is 1. The van der Waals surface area contributed by atoms with E-state index in [4.69, 9.17) is 10.2 Å². The van der Waals surface area contributed by atoms with Crippen molar-refractivity contribution in [3.05, 3.63) is 0 Å². The molecule has 0 aromatic heterocycles. The van der Waals surface area contributed by atoms with Crippen LogP contribution in [0.1, 0.15) is 6.42 Å². The third-order valence-electron chi connectivity index (χ3n) is 2.81. The lowest BCUT2D eigenvalue weighted by Gasteiger charge is -2.23. The molecule has 2 amide bonds. The first-order valence-electron chi connectivity index (χ1n) is 5.35. The molecular weight excluding hydrogens is 264 g/mol. The van der Waals surface area contributed by atoms with Crippen molar-refractivity contribution in [3.8, 4) is 0 Å². The standard InChI is InChI=1S/C9H16N2O6S/c1-11(6-2-3-18(16,17)5-6)9(15)10-4-7(12)8(13)14/h6-7,12H,2-5H2,1H3,(H,10,15)(H,13,14)/t6?,7-/m0/s1. The Labute approximate surface area is 104 Å². The van der Waals surface area contributed by atoms with Crippen molar-refractivity contribution in [2.45, 2.75) is 18.6 Å². The number of aliphatic hydroxyl groups is 1. The Bertz CT molecular complexity index is 434. The molecule has 0 spiro atoms. The Balaban J connectivity index is 2.45. The van der Waals surface area contributed by atoms with Gasteiger partial charge in [-0.25, -0.2) is 18.0 Å². The Morgan fingerprint density at radius 1 is 1.50 bits per heavy atom. The Hall–Kier alpha value is -1.35. The normalized spacial score (nSPS) is 23.3. The lowest BCUT2D eigenvalue weighted by Crippen LogP contribution is -2.47. The van der Waals surface area contributed by atoms with Crippen LogP contribution < -0.4 is 5.32 Å². The maximum Gasteiger partial charge on any atom is 0.334 e. The van der Waals surface area contributed by atoms with Crippen LogP contribution in [-0.2, 0) is 14.6 Å². The number of hydrogen-bond acceptors (Lipinski definition) is 5. The second kappa shape index (κ2) is 5.53. The Morgan fingerprint density at radius 2 is 2.11 bits per heavy atom. The fourth-order valence-corrected chi connectivity index (χ4v) is 3.42. The summed E-state index contributed by atoms with van der Waals surface area (Å²) in [5, 5.41) is 19.6. The quantitative estimate of drug-likeness (QED) is 0.561. The number of carbonyl (C=O) groups excluding carboxylic acids is 1. The zero-order valence-corrected chi connectivity index (χ0v) is 10.7. The molecule has 1 rings (SSSR count). The van der Waals surface area contributed by atoms with Crippen LogP contribution in [0.2, 0.25) is 0 Å². The minimum absolute atomic E-state index is 0.0486. The Morgan fingerprint density at radius 3 is 2.56 bits per heavy atom. The van der Waals surface area contributed by atoms with E-state index >= 15 is 0 Å². The molecule has 0 aromatic carbocycles. The van der Waals surface area contributed by atoms with Crippen LogP contribution in [-0.4, -0.2) is 72.8 Å². The van der Waals surface area contributed by atoms with Gasteiger partial charge in [-0.05, 0) is 6.42 Å². The highest BCUT2D eigenvalue weighted by Crippen LogP contribution is 2.16. The Kier molecular flexibility index (Phi) is 4.52. The van der Waals surface area contributed by atoms with E-state index in [-0.39, 0.29) is 11.5 Å². The number of nitrogens with one attached hydrogen (secondary N) is 1. The number of aliphatic carboxylic acids is 1. The number of hydrogen-bond donors (Lipinski definition) is 3. The number of urea groups is 1. The molecule has 8 nitrogen and oxygen atoms in total. The molecule has 0 radical (unpaired) electrons. The van der Waals surface area contributed by atoms with Gasteiger partial charge in [0.15, 0.2) is 15.9 Å². The number of amides is 2. The van der Waals surface area contributed by atoms with Crippen molar-refractivity contribution in [1.29, 1.82) is 0 Å². The van der Waals surface area contributed by atoms with Gasteiger partial charge in [0.25, 0.3) is 0 Å². The summed E-state index contributed by atoms with van der Waals surface area (Å²) < 4.78 is 22.5. The molecule has 1 aliphatic heterocycles. The smallest absolute Gasteiger partial charge is 0.334 e. The van der Waals surface area contributed by atoms with Gasteiger partial charge in [-0.2, -0.15) is 0 Å². The SMILES string of the molecule is CN(C(=O)NC[C@H](O)C(=O)O)C1CCS(=O)(=O)C1. The van der Waals surface area contributed by atoms with Crippen LogP contribution >= 0.6 is 0 Å². The molecule has 1 aliphatic rings. The first kappa shape index (κ1) is 14.7. The summed E-state index contributed by atoms with van der Waals surface area (Å²) in [5.74, 6) is -1.47. The molecule has 0 aromatic rings. The first-order chi connectivity index (χ1) is 8.23. The van der Waals surface area contributed by atoms with Gasteiger partial charge < -0.3 is 20.4 Å². The third kappa shape index (κ3) is 3.84. The van der Waals surface area contributed by atoms with E-state index in [1.165, 1.54) is 11.9 Å². The predicted molar refractivity (Wildman–Crippen MR) is 61.9 cm³/mol. The average Bonchev–Trinajstić information content (AvgIpc) is 2.64. The van der Waals surface area contributed by atoms with Gasteiger partial charge in [0.2, 0.25) is 0 Å². The summed E-state index contributed by atoms with van der Waals surface area (Å²) >= 11 is 0. The second-order valence-electron chi connectivity index (χ2n) is 4.21. The van der Waals surface area contributed by atoms with Crippen LogP contribution in [0.5, 0.6) is 0 Å². The minimum Gasteiger partial charge on any atom is -0.479 e. The monoisotopic (exact) mass is 280 g/mol. The van der Waals surface area contributed by atoms with E-state index < -0.39 is 40.5 Å². The van der Waals surface area contributed by atoms with Gasteiger partial charge in [0, 0.05) is 13.1 Å². The molecule has 1 heterocycles. The average molecular weight is 280 g/mol. The van der Waals surface area contributed by atoms with Crippen LogP contribution in [0.4, 0.5) is 4.79 Å². The van der Waals surface area contributed by atoms with Gasteiger partial charge in [0.1, 0.15) is 0 Å². The minimum atomic E-state index is -3.08. The van der Waals surface area contributed by atoms with Gasteiger partial charge in [-0.1, -0.05) is 0 Å². The number of aliphatic hydroxyl groups excluding tert-OH is 1. The molecule has 1 saturated heterocycles. The fourth-order valence-electron chi connectivity index (χ4n) is 1.64. The van der Waals surface area contributed by atoms with Crippen molar-refractivity contribution in [3.63, 3.8) is 0 Å². The maximum absolute atomic E-state index is 11.6. The predicted octanol–water partition coefficient (Wildman–Crippen LogP) is -1.74. The van der Waals surface area contributed by atoms with Gasteiger partial charge in [0.05, 0.1) is 18.1 Å². The van der Waals surface area contributed by atoms with Crippen LogP contribution in [0, 0.1) is 0 Å².